The third-order valence-electron chi connectivity index (χ3n) is 3.94. The van der Waals surface area contributed by atoms with E-state index in [9.17, 15) is 4.79 Å². The molecule has 24 heavy (non-hydrogen) atoms. The summed E-state index contributed by atoms with van der Waals surface area (Å²) in [4.78, 5) is 16.3. The fraction of sp³-hybridized carbons (Fsp3) is 0.611. The predicted octanol–water partition coefficient (Wildman–Crippen LogP) is 2.59. The summed E-state index contributed by atoms with van der Waals surface area (Å²) in [7, 11) is 0. The van der Waals surface area contributed by atoms with Crippen molar-refractivity contribution in [3.63, 3.8) is 0 Å². The first-order valence-corrected chi connectivity index (χ1v) is 8.45. The van der Waals surface area contributed by atoms with E-state index < -0.39 is 5.60 Å². The number of nitrogens with zero attached hydrogens (tertiary/aromatic N) is 2. The summed E-state index contributed by atoms with van der Waals surface area (Å²) in [6, 6.07) is 7.69. The van der Waals surface area contributed by atoms with Gasteiger partial charge in [-0.1, -0.05) is 0 Å². The van der Waals surface area contributed by atoms with E-state index in [1.807, 2.05) is 45.0 Å². The van der Waals surface area contributed by atoms with Gasteiger partial charge in [-0.2, -0.15) is 0 Å². The maximum Gasteiger partial charge on any atom is 0.410 e. The minimum absolute atomic E-state index is 0.230. The van der Waals surface area contributed by atoms with Crippen molar-refractivity contribution < 1.29 is 14.3 Å². The first-order chi connectivity index (χ1) is 11.2. The molecular formula is C18H29N3O3. The van der Waals surface area contributed by atoms with Crippen LogP contribution in [0.15, 0.2) is 24.3 Å². The molecule has 0 saturated carbocycles. The van der Waals surface area contributed by atoms with Gasteiger partial charge < -0.3 is 20.1 Å². The maximum atomic E-state index is 12.1. The standard InChI is InChI=1S/C18H29N3O3/c1-14-13-21(17(22)24-18(2,3)4)10-9-20(14)11-12-23-16-7-5-15(19)6-8-16/h5-8,14H,9-13,19H2,1-4H3/t14-/m1/s1. The molecule has 1 aliphatic rings. The Balaban J connectivity index is 1.75. The lowest BCUT2D eigenvalue weighted by Gasteiger charge is -2.40. The van der Waals surface area contributed by atoms with Gasteiger partial charge in [0.1, 0.15) is 18.0 Å². The lowest BCUT2D eigenvalue weighted by atomic mass is 10.2. The summed E-state index contributed by atoms with van der Waals surface area (Å²) in [5.41, 5.74) is 5.94. The molecule has 6 nitrogen and oxygen atoms in total. The lowest BCUT2D eigenvalue weighted by molar-refractivity contribution is 0.00430. The normalized spacial score (nSPS) is 19.2. The summed E-state index contributed by atoms with van der Waals surface area (Å²) in [5.74, 6) is 0.823. The van der Waals surface area contributed by atoms with E-state index in [1.54, 1.807) is 4.90 Å². The van der Waals surface area contributed by atoms with Gasteiger partial charge >= 0.3 is 6.09 Å². The van der Waals surface area contributed by atoms with Gasteiger partial charge in [0.15, 0.2) is 0 Å². The zero-order chi connectivity index (χ0) is 17.7. The largest absolute Gasteiger partial charge is 0.492 e. The molecule has 2 rings (SSSR count). The van der Waals surface area contributed by atoms with Crippen molar-refractivity contribution in [2.45, 2.75) is 39.3 Å². The van der Waals surface area contributed by atoms with E-state index in [1.165, 1.54) is 0 Å². The molecule has 0 unspecified atom stereocenters. The highest BCUT2D eigenvalue weighted by molar-refractivity contribution is 5.68. The maximum absolute atomic E-state index is 12.1. The van der Waals surface area contributed by atoms with Crippen molar-refractivity contribution in [2.24, 2.45) is 0 Å². The summed E-state index contributed by atoms with van der Waals surface area (Å²) >= 11 is 0. The van der Waals surface area contributed by atoms with Crippen LogP contribution in [0, 0.1) is 0 Å². The lowest BCUT2D eigenvalue weighted by Crippen LogP contribution is -2.55. The molecule has 0 radical (unpaired) electrons. The molecule has 0 bridgehead atoms. The van der Waals surface area contributed by atoms with E-state index in [-0.39, 0.29) is 12.1 Å². The number of anilines is 1. The van der Waals surface area contributed by atoms with Crippen LogP contribution in [-0.2, 0) is 4.74 Å². The molecule has 1 heterocycles. The number of carbonyl (C=O) groups excluding carboxylic acids is 1. The first-order valence-electron chi connectivity index (χ1n) is 8.45. The molecule has 134 valence electrons. The van der Waals surface area contributed by atoms with Crippen molar-refractivity contribution >= 4 is 11.8 Å². The second kappa shape index (κ2) is 7.75. The SMILES string of the molecule is C[C@@H]1CN(C(=O)OC(C)(C)C)CCN1CCOc1ccc(N)cc1. The molecular weight excluding hydrogens is 306 g/mol. The average molecular weight is 335 g/mol. The Hall–Kier alpha value is -1.95. The number of nitrogen functional groups attached to an aromatic ring is 1. The van der Waals surface area contributed by atoms with Crippen molar-refractivity contribution in [2.75, 3.05) is 38.5 Å². The Bertz CT molecular complexity index is 539. The Labute approximate surface area is 144 Å². The van der Waals surface area contributed by atoms with Crippen LogP contribution in [0.4, 0.5) is 10.5 Å². The predicted molar refractivity (Wildman–Crippen MR) is 95.2 cm³/mol. The van der Waals surface area contributed by atoms with Gasteiger partial charge in [-0.25, -0.2) is 4.79 Å². The van der Waals surface area contributed by atoms with Gasteiger partial charge in [-0.15, -0.1) is 0 Å². The molecule has 6 heteroatoms. The van der Waals surface area contributed by atoms with Gasteiger partial charge in [0.05, 0.1) is 0 Å². The van der Waals surface area contributed by atoms with Gasteiger partial charge in [0, 0.05) is 37.9 Å². The van der Waals surface area contributed by atoms with Crippen LogP contribution in [0.25, 0.3) is 0 Å². The highest BCUT2D eigenvalue weighted by Crippen LogP contribution is 2.16. The monoisotopic (exact) mass is 335 g/mol. The zero-order valence-electron chi connectivity index (χ0n) is 15.1. The number of piperazine rings is 1. The average Bonchev–Trinajstić information content (AvgIpc) is 2.49. The van der Waals surface area contributed by atoms with Crippen molar-refractivity contribution in [1.82, 2.24) is 9.80 Å². The third kappa shape index (κ3) is 5.60. The molecule has 0 aliphatic carbocycles. The quantitative estimate of drug-likeness (QED) is 0.857. The van der Waals surface area contributed by atoms with Crippen molar-refractivity contribution in [3.8, 4) is 5.75 Å². The van der Waals surface area contributed by atoms with Crippen LogP contribution in [-0.4, -0.2) is 60.3 Å². The molecule has 1 aromatic rings. The van der Waals surface area contributed by atoms with Crippen LogP contribution in [0.2, 0.25) is 0 Å². The number of rotatable bonds is 4. The van der Waals surface area contributed by atoms with Gasteiger partial charge in [0.2, 0.25) is 0 Å². The molecule has 1 atom stereocenters. The molecule has 1 aromatic carbocycles. The van der Waals surface area contributed by atoms with Crippen LogP contribution in [0.1, 0.15) is 27.7 Å². The zero-order valence-corrected chi connectivity index (χ0v) is 15.1. The van der Waals surface area contributed by atoms with Gasteiger partial charge in [-0.05, 0) is 52.0 Å². The minimum Gasteiger partial charge on any atom is -0.492 e. The second-order valence-electron chi connectivity index (χ2n) is 7.23. The number of amides is 1. The van der Waals surface area contributed by atoms with Gasteiger partial charge in [-0.3, -0.25) is 4.90 Å². The molecule has 2 N–H and O–H groups in total. The summed E-state index contributed by atoms with van der Waals surface area (Å²) in [6.07, 6.45) is -0.230. The molecule has 0 aromatic heterocycles. The highest BCUT2D eigenvalue weighted by Gasteiger charge is 2.29. The second-order valence-corrected chi connectivity index (χ2v) is 7.23. The summed E-state index contributed by atoms with van der Waals surface area (Å²) in [5, 5.41) is 0. The Kier molecular flexibility index (Phi) is 5.94. The molecule has 1 fully saturated rings. The highest BCUT2D eigenvalue weighted by atomic mass is 16.6. The van der Waals surface area contributed by atoms with E-state index in [0.29, 0.717) is 19.7 Å². The number of ether oxygens (including phenoxy) is 2. The van der Waals surface area contributed by atoms with Crippen LogP contribution in [0.5, 0.6) is 5.75 Å². The summed E-state index contributed by atoms with van der Waals surface area (Å²) < 4.78 is 11.2. The third-order valence-corrected chi connectivity index (χ3v) is 3.94. The van der Waals surface area contributed by atoms with E-state index in [0.717, 1.165) is 24.5 Å². The number of hydrogen-bond donors (Lipinski definition) is 1. The Morgan fingerprint density at radius 2 is 1.92 bits per heavy atom. The van der Waals surface area contributed by atoms with Gasteiger partial charge in [0.25, 0.3) is 0 Å². The van der Waals surface area contributed by atoms with E-state index >= 15 is 0 Å². The smallest absolute Gasteiger partial charge is 0.410 e. The number of hydrogen-bond acceptors (Lipinski definition) is 5. The fourth-order valence-electron chi connectivity index (χ4n) is 2.66. The Morgan fingerprint density at radius 3 is 2.50 bits per heavy atom. The van der Waals surface area contributed by atoms with Crippen LogP contribution in [0.3, 0.4) is 0 Å². The topological polar surface area (TPSA) is 68.0 Å². The van der Waals surface area contributed by atoms with Crippen molar-refractivity contribution in [1.29, 1.82) is 0 Å². The summed E-state index contributed by atoms with van der Waals surface area (Å²) in [6.45, 7) is 11.4. The number of nitrogens with two attached hydrogens (primary N) is 1. The minimum atomic E-state index is -0.454. The molecule has 1 amide bonds. The van der Waals surface area contributed by atoms with E-state index in [2.05, 4.69) is 11.8 Å². The number of benzene rings is 1. The molecule has 1 saturated heterocycles. The van der Waals surface area contributed by atoms with Crippen molar-refractivity contribution in [3.05, 3.63) is 24.3 Å². The fourth-order valence-corrected chi connectivity index (χ4v) is 2.66. The molecule has 1 aliphatic heterocycles. The van der Waals surface area contributed by atoms with E-state index in [4.69, 9.17) is 15.2 Å². The van der Waals surface area contributed by atoms with Crippen LogP contribution < -0.4 is 10.5 Å². The first kappa shape index (κ1) is 18.4. The van der Waals surface area contributed by atoms with Crippen LogP contribution >= 0.6 is 0 Å². The molecule has 0 spiro atoms. The number of carbonyl (C=O) groups is 1. The Morgan fingerprint density at radius 1 is 1.25 bits per heavy atom.